The summed E-state index contributed by atoms with van der Waals surface area (Å²) in [7, 11) is -3.27. The van der Waals surface area contributed by atoms with Crippen molar-refractivity contribution in [3.63, 3.8) is 0 Å². The van der Waals surface area contributed by atoms with Gasteiger partial charge in [-0.15, -0.1) is 6.58 Å². The number of nitrogens with two attached hydrogens (primary N) is 1. The second kappa shape index (κ2) is 8.39. The summed E-state index contributed by atoms with van der Waals surface area (Å²) in [5.74, 6) is -0.0365. The molecular weight excluding hydrogens is 278 g/mol. The fourth-order valence-corrected chi connectivity index (χ4v) is 4.09. The summed E-state index contributed by atoms with van der Waals surface area (Å²) in [6.45, 7) is 4.77. The molecular formula is C13H25N3O3S. The van der Waals surface area contributed by atoms with Crippen molar-refractivity contribution in [3.8, 4) is 0 Å². The van der Waals surface area contributed by atoms with E-state index >= 15 is 0 Å². The summed E-state index contributed by atoms with van der Waals surface area (Å²) in [6, 6.07) is -0.139. The largest absolute Gasteiger partial charge is 0.354 e. The van der Waals surface area contributed by atoms with Crippen LogP contribution in [0.3, 0.4) is 0 Å². The molecule has 0 aromatic carbocycles. The third-order valence-corrected chi connectivity index (χ3v) is 5.36. The van der Waals surface area contributed by atoms with Crippen molar-refractivity contribution < 1.29 is 13.2 Å². The molecule has 1 aliphatic rings. The van der Waals surface area contributed by atoms with E-state index in [1.165, 1.54) is 0 Å². The summed E-state index contributed by atoms with van der Waals surface area (Å²) in [6.07, 6.45) is 4.99. The molecule has 0 aromatic heterocycles. The second-order valence-electron chi connectivity index (χ2n) is 5.00. The molecule has 0 aliphatic carbocycles. The van der Waals surface area contributed by atoms with E-state index in [9.17, 15) is 13.2 Å². The van der Waals surface area contributed by atoms with Crippen LogP contribution in [0.1, 0.15) is 32.1 Å². The molecule has 1 saturated heterocycles. The van der Waals surface area contributed by atoms with Crippen LogP contribution >= 0.6 is 0 Å². The summed E-state index contributed by atoms with van der Waals surface area (Å²) < 4.78 is 26.1. The summed E-state index contributed by atoms with van der Waals surface area (Å²) in [5.41, 5.74) is 5.31. The molecule has 1 fully saturated rings. The van der Waals surface area contributed by atoms with Gasteiger partial charge >= 0.3 is 0 Å². The molecule has 6 nitrogen and oxygen atoms in total. The van der Waals surface area contributed by atoms with Gasteiger partial charge in [0.1, 0.15) is 0 Å². The highest BCUT2D eigenvalue weighted by Crippen LogP contribution is 2.20. The van der Waals surface area contributed by atoms with Crippen LogP contribution in [0.5, 0.6) is 0 Å². The molecule has 0 radical (unpaired) electrons. The van der Waals surface area contributed by atoms with Crippen LogP contribution < -0.4 is 11.1 Å². The van der Waals surface area contributed by atoms with Crippen LogP contribution in [0, 0.1) is 0 Å². The van der Waals surface area contributed by atoms with Gasteiger partial charge in [0.15, 0.2) is 0 Å². The van der Waals surface area contributed by atoms with E-state index < -0.39 is 10.0 Å². The predicted octanol–water partition coefficient (Wildman–Crippen LogP) is 0.212. The molecule has 3 N–H and O–H groups in total. The highest BCUT2D eigenvalue weighted by Gasteiger charge is 2.31. The maximum atomic E-state index is 12.3. The van der Waals surface area contributed by atoms with E-state index in [0.29, 0.717) is 26.1 Å². The first-order chi connectivity index (χ1) is 9.51. The topological polar surface area (TPSA) is 92.5 Å². The third kappa shape index (κ3) is 5.22. The van der Waals surface area contributed by atoms with Gasteiger partial charge in [0, 0.05) is 32.1 Å². The Bertz CT molecular complexity index is 423. The van der Waals surface area contributed by atoms with E-state index in [-0.39, 0.29) is 24.1 Å². The number of allylic oxidation sites excluding steroid dienone is 1. The minimum Gasteiger partial charge on any atom is -0.354 e. The fraction of sp³-hybridized carbons (Fsp3) is 0.769. The van der Waals surface area contributed by atoms with E-state index in [2.05, 4.69) is 11.9 Å². The van der Waals surface area contributed by atoms with Gasteiger partial charge in [0.05, 0.1) is 5.75 Å². The number of nitrogens with zero attached hydrogens (tertiary/aromatic N) is 1. The Hall–Kier alpha value is -0.920. The molecule has 0 bridgehead atoms. The number of piperidine rings is 1. The van der Waals surface area contributed by atoms with Gasteiger partial charge in [0.25, 0.3) is 0 Å². The Morgan fingerprint density at radius 2 is 2.20 bits per heavy atom. The fourth-order valence-electron chi connectivity index (χ4n) is 2.34. The highest BCUT2D eigenvalue weighted by atomic mass is 32.2. The predicted molar refractivity (Wildman–Crippen MR) is 79.6 cm³/mol. The lowest BCUT2D eigenvalue weighted by Crippen LogP contribution is -2.50. The van der Waals surface area contributed by atoms with Crippen LogP contribution in [-0.2, 0) is 14.8 Å². The monoisotopic (exact) mass is 303 g/mol. The van der Waals surface area contributed by atoms with Crippen molar-refractivity contribution in [2.75, 3.05) is 25.4 Å². The standard InChI is InChI=1S/C13H25N3O3S/c1-2-3-10-20(18,19)16-9-5-4-6-12(16)11-15-13(17)7-8-14/h2,12H,1,3-11,14H2,(H,15,17). The van der Waals surface area contributed by atoms with Gasteiger partial charge in [-0.05, 0) is 19.3 Å². The first-order valence-electron chi connectivity index (χ1n) is 7.08. The normalized spacial score (nSPS) is 20.6. The zero-order chi connectivity index (χ0) is 15.0. The molecule has 0 aromatic rings. The average Bonchev–Trinajstić information content (AvgIpc) is 2.43. The lowest BCUT2D eigenvalue weighted by molar-refractivity contribution is -0.121. The number of hydrogen-bond acceptors (Lipinski definition) is 4. The Morgan fingerprint density at radius 1 is 1.45 bits per heavy atom. The SMILES string of the molecule is C=CCCS(=O)(=O)N1CCCCC1CNC(=O)CCN. The van der Waals surface area contributed by atoms with Gasteiger partial charge in [-0.1, -0.05) is 12.5 Å². The molecule has 1 aliphatic heterocycles. The molecule has 0 spiro atoms. The van der Waals surface area contributed by atoms with Crippen LogP contribution in [0.4, 0.5) is 0 Å². The lowest BCUT2D eigenvalue weighted by atomic mass is 10.1. The van der Waals surface area contributed by atoms with E-state index in [1.807, 2.05) is 0 Å². The number of amides is 1. The van der Waals surface area contributed by atoms with Gasteiger partial charge in [0.2, 0.25) is 15.9 Å². The van der Waals surface area contributed by atoms with Crippen molar-refractivity contribution in [2.24, 2.45) is 5.73 Å². The maximum absolute atomic E-state index is 12.3. The van der Waals surface area contributed by atoms with Crippen molar-refractivity contribution in [3.05, 3.63) is 12.7 Å². The van der Waals surface area contributed by atoms with Crippen molar-refractivity contribution in [1.29, 1.82) is 0 Å². The van der Waals surface area contributed by atoms with E-state index in [1.54, 1.807) is 10.4 Å². The minimum absolute atomic E-state index is 0.0871. The van der Waals surface area contributed by atoms with Crippen LogP contribution in [0.25, 0.3) is 0 Å². The summed E-state index contributed by atoms with van der Waals surface area (Å²) in [5, 5.41) is 2.77. The third-order valence-electron chi connectivity index (χ3n) is 3.42. The molecule has 1 rings (SSSR count). The first kappa shape index (κ1) is 17.1. The smallest absolute Gasteiger partial charge is 0.221 e. The van der Waals surface area contributed by atoms with E-state index in [4.69, 9.17) is 5.73 Å². The molecule has 7 heteroatoms. The number of nitrogens with one attached hydrogen (secondary N) is 1. The second-order valence-corrected chi connectivity index (χ2v) is 7.04. The molecule has 20 heavy (non-hydrogen) atoms. The van der Waals surface area contributed by atoms with Gasteiger partial charge < -0.3 is 11.1 Å². The van der Waals surface area contributed by atoms with Crippen molar-refractivity contribution >= 4 is 15.9 Å². The average molecular weight is 303 g/mol. The Balaban J connectivity index is 2.62. The molecule has 1 heterocycles. The first-order valence-corrected chi connectivity index (χ1v) is 8.69. The van der Waals surface area contributed by atoms with Gasteiger partial charge in [-0.3, -0.25) is 4.79 Å². The maximum Gasteiger partial charge on any atom is 0.221 e. The van der Waals surface area contributed by atoms with Crippen LogP contribution in [0.15, 0.2) is 12.7 Å². The zero-order valence-corrected chi connectivity index (χ0v) is 12.7. The molecule has 116 valence electrons. The highest BCUT2D eigenvalue weighted by molar-refractivity contribution is 7.89. The summed E-state index contributed by atoms with van der Waals surface area (Å²) >= 11 is 0. The molecule has 1 unspecified atom stereocenters. The van der Waals surface area contributed by atoms with E-state index in [0.717, 1.165) is 19.3 Å². The molecule has 1 amide bonds. The van der Waals surface area contributed by atoms with Crippen LogP contribution in [-0.4, -0.2) is 50.1 Å². The molecule has 1 atom stereocenters. The van der Waals surface area contributed by atoms with Gasteiger partial charge in [-0.2, -0.15) is 4.31 Å². The van der Waals surface area contributed by atoms with Gasteiger partial charge in [-0.25, -0.2) is 8.42 Å². The number of sulfonamides is 1. The lowest BCUT2D eigenvalue weighted by Gasteiger charge is -2.34. The number of carbonyl (C=O) groups is 1. The Kier molecular flexibility index (Phi) is 7.18. The number of hydrogen-bond donors (Lipinski definition) is 2. The number of carbonyl (C=O) groups excluding carboxylic acids is 1. The minimum atomic E-state index is -3.27. The number of rotatable bonds is 8. The summed E-state index contributed by atoms with van der Waals surface area (Å²) in [4.78, 5) is 11.4. The Labute approximate surface area is 121 Å². The van der Waals surface area contributed by atoms with Crippen LogP contribution in [0.2, 0.25) is 0 Å². The van der Waals surface area contributed by atoms with Crippen molar-refractivity contribution in [1.82, 2.24) is 9.62 Å². The zero-order valence-electron chi connectivity index (χ0n) is 11.9. The Morgan fingerprint density at radius 3 is 2.85 bits per heavy atom. The molecule has 0 saturated carbocycles. The quantitative estimate of drug-likeness (QED) is 0.627. The van der Waals surface area contributed by atoms with Crippen molar-refractivity contribution in [2.45, 2.75) is 38.1 Å².